The predicted octanol–water partition coefficient (Wildman–Crippen LogP) is 0.645. The standard InChI is InChI=1S/C15H21N3O4/c1-20-14(19)13-8-16-12(7-17-13)9-18-4-6-22-15(10-18)3-2-5-21-11-15/h7-8H,2-6,9-11H2,1H3. The molecule has 2 saturated heterocycles. The van der Waals surface area contributed by atoms with Gasteiger partial charge in [-0.2, -0.15) is 0 Å². The van der Waals surface area contributed by atoms with Crippen LogP contribution in [-0.2, 0) is 20.8 Å². The lowest BCUT2D eigenvalue weighted by atomic mass is 9.94. The van der Waals surface area contributed by atoms with Crippen LogP contribution in [0, 0.1) is 0 Å². The van der Waals surface area contributed by atoms with Crippen LogP contribution in [0.4, 0.5) is 0 Å². The molecule has 1 aromatic rings. The summed E-state index contributed by atoms with van der Waals surface area (Å²) in [5.74, 6) is -0.469. The fourth-order valence-corrected chi connectivity index (χ4v) is 3.00. The normalized spacial score (nSPS) is 26.0. The van der Waals surface area contributed by atoms with E-state index >= 15 is 0 Å². The maximum absolute atomic E-state index is 11.4. The average molecular weight is 307 g/mol. The first-order valence-electron chi connectivity index (χ1n) is 7.54. The van der Waals surface area contributed by atoms with Crippen LogP contribution in [-0.4, -0.2) is 66.5 Å². The summed E-state index contributed by atoms with van der Waals surface area (Å²) in [4.78, 5) is 22.1. The van der Waals surface area contributed by atoms with E-state index in [1.165, 1.54) is 13.3 Å². The number of aromatic nitrogens is 2. The average Bonchev–Trinajstić information content (AvgIpc) is 2.56. The molecule has 7 heteroatoms. The Morgan fingerprint density at radius 1 is 1.41 bits per heavy atom. The monoisotopic (exact) mass is 307 g/mol. The van der Waals surface area contributed by atoms with Gasteiger partial charge in [-0.15, -0.1) is 0 Å². The number of carbonyl (C=O) groups excluding carboxylic acids is 1. The van der Waals surface area contributed by atoms with Crippen molar-refractivity contribution >= 4 is 5.97 Å². The second-order valence-electron chi connectivity index (χ2n) is 5.78. The molecule has 22 heavy (non-hydrogen) atoms. The van der Waals surface area contributed by atoms with Crippen molar-refractivity contribution < 1.29 is 19.0 Å². The van der Waals surface area contributed by atoms with E-state index in [0.717, 1.165) is 38.2 Å². The summed E-state index contributed by atoms with van der Waals surface area (Å²) in [5, 5.41) is 0. The third-order valence-corrected chi connectivity index (χ3v) is 4.10. The summed E-state index contributed by atoms with van der Waals surface area (Å²) in [6.07, 6.45) is 5.17. The van der Waals surface area contributed by atoms with Crippen LogP contribution >= 0.6 is 0 Å². The molecule has 1 spiro atoms. The van der Waals surface area contributed by atoms with Gasteiger partial charge < -0.3 is 14.2 Å². The molecule has 0 amide bonds. The number of morpholine rings is 1. The molecule has 1 atom stereocenters. The van der Waals surface area contributed by atoms with Gasteiger partial charge in [-0.3, -0.25) is 9.88 Å². The molecule has 1 unspecified atom stereocenters. The van der Waals surface area contributed by atoms with E-state index in [-0.39, 0.29) is 11.3 Å². The minimum absolute atomic E-state index is 0.171. The zero-order valence-electron chi connectivity index (χ0n) is 12.8. The maximum Gasteiger partial charge on any atom is 0.358 e. The van der Waals surface area contributed by atoms with Gasteiger partial charge in [0.2, 0.25) is 0 Å². The second kappa shape index (κ2) is 6.68. The second-order valence-corrected chi connectivity index (χ2v) is 5.78. The van der Waals surface area contributed by atoms with Crippen LogP contribution in [0.2, 0.25) is 0 Å². The number of esters is 1. The van der Waals surface area contributed by atoms with Crippen LogP contribution in [0.5, 0.6) is 0 Å². The van der Waals surface area contributed by atoms with E-state index < -0.39 is 5.97 Å². The van der Waals surface area contributed by atoms with Gasteiger partial charge in [0.1, 0.15) is 5.60 Å². The van der Waals surface area contributed by atoms with Gasteiger partial charge in [-0.1, -0.05) is 0 Å². The van der Waals surface area contributed by atoms with E-state index in [0.29, 0.717) is 19.8 Å². The topological polar surface area (TPSA) is 73.8 Å². The molecule has 7 nitrogen and oxygen atoms in total. The minimum atomic E-state index is -0.469. The molecular formula is C15H21N3O4. The van der Waals surface area contributed by atoms with E-state index in [1.54, 1.807) is 6.20 Å². The summed E-state index contributed by atoms with van der Waals surface area (Å²) in [7, 11) is 1.33. The van der Waals surface area contributed by atoms with Gasteiger partial charge in [0, 0.05) is 26.2 Å². The van der Waals surface area contributed by atoms with Crippen LogP contribution in [0.25, 0.3) is 0 Å². The SMILES string of the molecule is COC(=O)c1cnc(CN2CCOC3(CCCOC3)C2)cn1. The Hall–Kier alpha value is -1.57. The van der Waals surface area contributed by atoms with Crippen molar-refractivity contribution in [3.8, 4) is 0 Å². The Bertz CT molecular complexity index is 509. The number of nitrogens with zero attached hydrogens (tertiary/aromatic N) is 3. The third kappa shape index (κ3) is 3.43. The largest absolute Gasteiger partial charge is 0.464 e. The van der Waals surface area contributed by atoms with Crippen LogP contribution in [0.15, 0.2) is 12.4 Å². The van der Waals surface area contributed by atoms with Crippen molar-refractivity contribution in [1.82, 2.24) is 14.9 Å². The van der Waals surface area contributed by atoms with Gasteiger partial charge in [-0.05, 0) is 12.8 Å². The van der Waals surface area contributed by atoms with Crippen molar-refractivity contribution in [3.63, 3.8) is 0 Å². The third-order valence-electron chi connectivity index (χ3n) is 4.10. The summed E-state index contributed by atoms with van der Waals surface area (Å²) in [6, 6.07) is 0. The van der Waals surface area contributed by atoms with Crippen molar-refractivity contribution in [1.29, 1.82) is 0 Å². The Morgan fingerprint density at radius 3 is 3.00 bits per heavy atom. The lowest BCUT2D eigenvalue weighted by molar-refractivity contribution is -0.169. The van der Waals surface area contributed by atoms with Crippen molar-refractivity contribution in [2.24, 2.45) is 0 Å². The first kappa shape index (κ1) is 15.3. The quantitative estimate of drug-likeness (QED) is 0.759. The number of hydrogen-bond acceptors (Lipinski definition) is 7. The molecule has 0 aromatic carbocycles. The fraction of sp³-hybridized carbons (Fsp3) is 0.667. The Balaban J connectivity index is 1.61. The fourth-order valence-electron chi connectivity index (χ4n) is 3.00. The summed E-state index contributed by atoms with van der Waals surface area (Å²) < 4.78 is 16.2. The maximum atomic E-state index is 11.4. The summed E-state index contributed by atoms with van der Waals surface area (Å²) in [5.41, 5.74) is 0.891. The Labute approximate surface area is 129 Å². The van der Waals surface area contributed by atoms with E-state index in [2.05, 4.69) is 19.6 Å². The van der Waals surface area contributed by atoms with E-state index in [9.17, 15) is 4.79 Å². The van der Waals surface area contributed by atoms with Gasteiger partial charge in [-0.25, -0.2) is 9.78 Å². The Kier molecular flexibility index (Phi) is 4.66. The highest BCUT2D eigenvalue weighted by molar-refractivity contribution is 5.86. The molecular weight excluding hydrogens is 286 g/mol. The number of hydrogen-bond donors (Lipinski definition) is 0. The molecule has 0 saturated carbocycles. The number of methoxy groups -OCH3 is 1. The zero-order valence-corrected chi connectivity index (χ0v) is 12.8. The van der Waals surface area contributed by atoms with Crippen molar-refractivity contribution in [2.45, 2.75) is 25.0 Å². The van der Waals surface area contributed by atoms with Crippen LogP contribution in [0.3, 0.4) is 0 Å². The van der Waals surface area contributed by atoms with Crippen molar-refractivity contribution in [3.05, 3.63) is 23.8 Å². The molecule has 3 rings (SSSR count). The summed E-state index contributed by atoms with van der Waals surface area (Å²) in [6.45, 7) is 4.59. The van der Waals surface area contributed by atoms with E-state index in [1.807, 2.05) is 0 Å². The first-order chi connectivity index (χ1) is 10.7. The van der Waals surface area contributed by atoms with Gasteiger partial charge >= 0.3 is 5.97 Å². The molecule has 2 fully saturated rings. The highest BCUT2D eigenvalue weighted by atomic mass is 16.5. The number of ether oxygens (including phenoxy) is 3. The molecule has 0 aliphatic carbocycles. The molecule has 2 aliphatic rings. The lowest BCUT2D eigenvalue weighted by Gasteiger charge is -2.44. The zero-order chi connectivity index (χ0) is 15.4. The highest BCUT2D eigenvalue weighted by Gasteiger charge is 2.38. The Morgan fingerprint density at radius 2 is 2.32 bits per heavy atom. The molecule has 2 aliphatic heterocycles. The molecule has 120 valence electrons. The minimum Gasteiger partial charge on any atom is -0.464 e. The van der Waals surface area contributed by atoms with Crippen LogP contribution in [0.1, 0.15) is 29.0 Å². The number of rotatable bonds is 3. The molecule has 1 aromatic heterocycles. The van der Waals surface area contributed by atoms with Crippen molar-refractivity contribution in [2.75, 3.05) is 40.0 Å². The smallest absolute Gasteiger partial charge is 0.358 e. The predicted molar refractivity (Wildman–Crippen MR) is 77.4 cm³/mol. The lowest BCUT2D eigenvalue weighted by Crippen LogP contribution is -2.55. The van der Waals surface area contributed by atoms with Gasteiger partial charge in [0.25, 0.3) is 0 Å². The molecule has 3 heterocycles. The van der Waals surface area contributed by atoms with E-state index in [4.69, 9.17) is 9.47 Å². The van der Waals surface area contributed by atoms with Crippen LogP contribution < -0.4 is 0 Å². The molecule has 0 radical (unpaired) electrons. The highest BCUT2D eigenvalue weighted by Crippen LogP contribution is 2.28. The van der Waals surface area contributed by atoms with Gasteiger partial charge in [0.15, 0.2) is 5.69 Å². The number of carbonyl (C=O) groups is 1. The first-order valence-corrected chi connectivity index (χ1v) is 7.54. The molecule has 0 N–H and O–H groups in total. The molecule has 0 bridgehead atoms. The summed E-state index contributed by atoms with van der Waals surface area (Å²) >= 11 is 0. The van der Waals surface area contributed by atoms with Gasteiger partial charge in [0.05, 0.1) is 38.4 Å².